The van der Waals surface area contributed by atoms with Crippen molar-refractivity contribution in [3.63, 3.8) is 0 Å². The number of aromatic nitrogens is 2. The van der Waals surface area contributed by atoms with Gasteiger partial charge in [0.25, 0.3) is 0 Å². The summed E-state index contributed by atoms with van der Waals surface area (Å²) in [5.74, 6) is -2.12. The molecule has 106 valence electrons. The average molecular weight is 295 g/mol. The maximum absolute atomic E-state index is 12.3. The van der Waals surface area contributed by atoms with Crippen molar-refractivity contribution in [1.82, 2.24) is 9.36 Å². The van der Waals surface area contributed by atoms with Gasteiger partial charge in [0.1, 0.15) is 0 Å². The van der Waals surface area contributed by atoms with E-state index in [1.165, 1.54) is 0 Å². The van der Waals surface area contributed by atoms with E-state index >= 15 is 0 Å². The zero-order valence-corrected chi connectivity index (χ0v) is 10.6. The second kappa shape index (κ2) is 4.95. The van der Waals surface area contributed by atoms with Crippen molar-refractivity contribution in [2.45, 2.75) is 31.9 Å². The number of hydrogen-bond donors (Lipinski definition) is 2. The van der Waals surface area contributed by atoms with Gasteiger partial charge in [0.2, 0.25) is 11.0 Å². The molecule has 0 bridgehead atoms. The van der Waals surface area contributed by atoms with Crippen molar-refractivity contribution in [2.75, 3.05) is 11.9 Å². The minimum atomic E-state index is -4.58. The highest BCUT2D eigenvalue weighted by Crippen LogP contribution is 2.38. The SMILES string of the molecule is O=C(O)C1(CNc2nc(C(F)(F)F)ns2)CCCC1. The molecule has 0 saturated heterocycles. The Kier molecular flexibility index (Phi) is 3.66. The van der Waals surface area contributed by atoms with Crippen molar-refractivity contribution in [2.24, 2.45) is 5.41 Å². The number of carboxylic acid groups (broad SMARTS) is 1. The molecule has 2 N–H and O–H groups in total. The zero-order chi connectivity index (χ0) is 14.1. The summed E-state index contributed by atoms with van der Waals surface area (Å²) >= 11 is 0.585. The normalized spacial score (nSPS) is 18.5. The van der Waals surface area contributed by atoms with Crippen LogP contribution in [0.2, 0.25) is 0 Å². The van der Waals surface area contributed by atoms with Crippen LogP contribution in [0.5, 0.6) is 0 Å². The van der Waals surface area contributed by atoms with E-state index in [-0.39, 0.29) is 11.7 Å². The van der Waals surface area contributed by atoms with E-state index in [1.807, 2.05) is 0 Å². The Morgan fingerprint density at radius 1 is 1.42 bits per heavy atom. The van der Waals surface area contributed by atoms with Crippen LogP contribution < -0.4 is 5.32 Å². The minimum absolute atomic E-state index is 0.000139. The van der Waals surface area contributed by atoms with E-state index in [4.69, 9.17) is 0 Å². The van der Waals surface area contributed by atoms with Crippen molar-refractivity contribution >= 4 is 22.6 Å². The predicted molar refractivity (Wildman–Crippen MR) is 61.9 cm³/mol. The Morgan fingerprint density at radius 3 is 2.53 bits per heavy atom. The van der Waals surface area contributed by atoms with Gasteiger partial charge in [-0.25, -0.2) is 0 Å². The van der Waals surface area contributed by atoms with E-state index in [0.717, 1.165) is 12.8 Å². The molecule has 0 unspecified atom stereocenters. The second-order valence-corrected chi connectivity index (χ2v) is 5.32. The molecule has 1 fully saturated rings. The highest BCUT2D eigenvalue weighted by molar-refractivity contribution is 7.09. The maximum Gasteiger partial charge on any atom is 0.452 e. The number of nitrogens with one attached hydrogen (secondary N) is 1. The summed E-state index contributed by atoms with van der Waals surface area (Å²) in [6, 6.07) is 0. The van der Waals surface area contributed by atoms with Gasteiger partial charge in [-0.05, 0) is 12.8 Å². The fraction of sp³-hybridized carbons (Fsp3) is 0.700. The van der Waals surface area contributed by atoms with Crippen LogP contribution in [0.25, 0.3) is 0 Å². The van der Waals surface area contributed by atoms with Crippen LogP contribution in [-0.4, -0.2) is 27.0 Å². The van der Waals surface area contributed by atoms with Crippen LogP contribution in [0.4, 0.5) is 18.3 Å². The van der Waals surface area contributed by atoms with Crippen LogP contribution in [0.15, 0.2) is 0 Å². The van der Waals surface area contributed by atoms with Gasteiger partial charge in [0.15, 0.2) is 0 Å². The lowest BCUT2D eigenvalue weighted by molar-refractivity contribution is -0.148. The zero-order valence-electron chi connectivity index (χ0n) is 9.83. The largest absolute Gasteiger partial charge is 0.481 e. The molecule has 0 aromatic carbocycles. The van der Waals surface area contributed by atoms with E-state index in [9.17, 15) is 23.1 Å². The predicted octanol–water partition coefficient (Wildman–Crippen LogP) is 2.61. The molecule has 0 spiro atoms. The van der Waals surface area contributed by atoms with E-state index in [1.54, 1.807) is 0 Å². The van der Waals surface area contributed by atoms with Crippen molar-refractivity contribution in [3.8, 4) is 0 Å². The molecule has 5 nitrogen and oxygen atoms in total. The van der Waals surface area contributed by atoms with Crippen LogP contribution >= 0.6 is 11.5 Å². The first kappa shape index (κ1) is 14.0. The summed E-state index contributed by atoms with van der Waals surface area (Å²) in [5, 5.41) is 11.9. The Morgan fingerprint density at radius 2 is 2.05 bits per heavy atom. The summed E-state index contributed by atoms with van der Waals surface area (Å²) in [6.07, 6.45) is -1.88. The third-order valence-corrected chi connectivity index (χ3v) is 3.94. The third-order valence-electron chi connectivity index (χ3n) is 3.27. The van der Waals surface area contributed by atoms with Gasteiger partial charge >= 0.3 is 12.1 Å². The summed E-state index contributed by atoms with van der Waals surface area (Å²) in [6.45, 7) is 0.0782. The maximum atomic E-state index is 12.3. The third kappa shape index (κ3) is 2.96. The number of carbonyl (C=O) groups is 1. The molecule has 2 rings (SSSR count). The van der Waals surface area contributed by atoms with Gasteiger partial charge in [0.05, 0.1) is 5.41 Å². The number of halogens is 3. The quantitative estimate of drug-likeness (QED) is 0.893. The van der Waals surface area contributed by atoms with Crippen molar-refractivity contribution < 1.29 is 23.1 Å². The number of rotatable bonds is 4. The highest BCUT2D eigenvalue weighted by atomic mass is 32.1. The lowest BCUT2D eigenvalue weighted by Gasteiger charge is -2.23. The Balaban J connectivity index is 2.02. The minimum Gasteiger partial charge on any atom is -0.481 e. The monoisotopic (exact) mass is 295 g/mol. The van der Waals surface area contributed by atoms with Gasteiger partial charge < -0.3 is 10.4 Å². The molecule has 19 heavy (non-hydrogen) atoms. The average Bonchev–Trinajstić information content (AvgIpc) is 2.96. The molecule has 1 aromatic heterocycles. The lowest BCUT2D eigenvalue weighted by atomic mass is 9.86. The molecule has 1 heterocycles. The van der Waals surface area contributed by atoms with Crippen molar-refractivity contribution in [1.29, 1.82) is 0 Å². The summed E-state index contributed by atoms with van der Waals surface area (Å²) in [5.41, 5.74) is -0.899. The molecule has 1 aliphatic rings. The van der Waals surface area contributed by atoms with Crippen LogP contribution in [0, 0.1) is 5.41 Å². The smallest absolute Gasteiger partial charge is 0.452 e. The number of hydrogen-bond acceptors (Lipinski definition) is 5. The summed E-state index contributed by atoms with van der Waals surface area (Å²) in [4.78, 5) is 14.6. The fourth-order valence-corrected chi connectivity index (χ4v) is 2.75. The van der Waals surface area contributed by atoms with Crippen LogP contribution in [0.3, 0.4) is 0 Å². The first-order chi connectivity index (χ1) is 8.83. The molecular formula is C10H12F3N3O2S. The number of nitrogens with zero attached hydrogens (tertiary/aromatic N) is 2. The first-order valence-corrected chi connectivity index (χ1v) is 6.49. The van der Waals surface area contributed by atoms with Gasteiger partial charge in [-0.15, -0.1) is 0 Å². The topological polar surface area (TPSA) is 75.1 Å². The van der Waals surface area contributed by atoms with Crippen LogP contribution in [-0.2, 0) is 11.0 Å². The first-order valence-electron chi connectivity index (χ1n) is 5.72. The standard InChI is InChI=1S/C10H12F3N3O2S/c11-10(12,13)6-15-8(19-16-6)14-5-9(7(17)18)3-1-2-4-9/h1-5H2,(H,17,18)(H,14,15,16). The van der Waals surface area contributed by atoms with Gasteiger partial charge in [-0.2, -0.15) is 22.5 Å². The molecule has 1 aromatic rings. The van der Waals surface area contributed by atoms with Crippen molar-refractivity contribution in [3.05, 3.63) is 5.82 Å². The molecule has 0 atom stereocenters. The van der Waals surface area contributed by atoms with E-state index < -0.39 is 23.4 Å². The molecule has 0 amide bonds. The fourth-order valence-electron chi connectivity index (χ4n) is 2.17. The van der Waals surface area contributed by atoms with E-state index in [0.29, 0.717) is 24.4 Å². The molecular weight excluding hydrogens is 283 g/mol. The molecule has 0 radical (unpaired) electrons. The Hall–Kier alpha value is -1.38. The lowest BCUT2D eigenvalue weighted by Crippen LogP contribution is -2.35. The Bertz CT molecular complexity index is 469. The summed E-state index contributed by atoms with van der Waals surface area (Å²) in [7, 11) is 0. The number of anilines is 1. The number of carboxylic acids is 1. The molecule has 9 heteroatoms. The number of alkyl halides is 3. The molecule has 1 aliphatic carbocycles. The Labute approximate surface area is 111 Å². The van der Waals surface area contributed by atoms with Crippen LogP contribution in [0.1, 0.15) is 31.5 Å². The molecule has 0 aliphatic heterocycles. The number of aliphatic carboxylic acids is 1. The van der Waals surface area contributed by atoms with E-state index in [2.05, 4.69) is 14.7 Å². The van der Waals surface area contributed by atoms with Gasteiger partial charge in [0, 0.05) is 18.1 Å². The van der Waals surface area contributed by atoms with Gasteiger partial charge in [-0.1, -0.05) is 12.8 Å². The highest BCUT2D eigenvalue weighted by Gasteiger charge is 2.41. The molecule has 1 saturated carbocycles. The van der Waals surface area contributed by atoms with Gasteiger partial charge in [-0.3, -0.25) is 4.79 Å². The summed E-state index contributed by atoms with van der Waals surface area (Å²) < 4.78 is 40.1. The second-order valence-electron chi connectivity index (χ2n) is 4.57.